The maximum Gasteiger partial charge on any atom is 0.259 e. The largest absolute Gasteiger partial charge is 0.472 e. The monoisotopic (exact) mass is 689 g/mol. The number of nitrogens with one attached hydrogen (secondary N) is 3. The van der Waals surface area contributed by atoms with E-state index in [2.05, 4.69) is 20.3 Å². The zero-order chi connectivity index (χ0) is 34.2. The van der Waals surface area contributed by atoms with Crippen molar-refractivity contribution in [3.05, 3.63) is 78.8 Å². The Morgan fingerprint density at radius 1 is 1.04 bits per heavy atom. The van der Waals surface area contributed by atoms with E-state index in [1.165, 1.54) is 17.0 Å². The van der Waals surface area contributed by atoms with Crippen molar-refractivity contribution in [1.82, 2.24) is 19.9 Å². The highest BCUT2D eigenvalue weighted by molar-refractivity contribution is 7.91. The molecule has 1 aromatic heterocycles. The van der Waals surface area contributed by atoms with Crippen LogP contribution < -0.4 is 20.1 Å². The summed E-state index contributed by atoms with van der Waals surface area (Å²) in [6, 6.07) is 13.6. The number of nitrogens with zero attached hydrogens (tertiary/aromatic N) is 2. The average Bonchev–Trinajstić information content (AvgIpc) is 4.00. The average molecular weight is 690 g/mol. The van der Waals surface area contributed by atoms with Crippen LogP contribution in [-0.4, -0.2) is 71.5 Å². The van der Waals surface area contributed by atoms with E-state index in [-0.39, 0.29) is 25.3 Å². The summed E-state index contributed by atoms with van der Waals surface area (Å²) in [5, 5.41) is 7.21. The Balaban J connectivity index is 1.20. The third-order valence-corrected chi connectivity index (χ3v) is 11.7. The van der Waals surface area contributed by atoms with Crippen LogP contribution >= 0.6 is 0 Å². The van der Waals surface area contributed by atoms with Crippen LogP contribution in [-0.2, 0) is 24.4 Å². The first-order valence-corrected chi connectivity index (χ1v) is 18.6. The van der Waals surface area contributed by atoms with Crippen molar-refractivity contribution in [2.75, 3.05) is 11.9 Å². The molecular formula is C36H40FN5O6S. The van der Waals surface area contributed by atoms with Crippen molar-refractivity contribution < 1.29 is 31.9 Å². The smallest absolute Gasteiger partial charge is 0.259 e. The molecule has 3 heterocycles. The number of halogens is 1. The minimum atomic E-state index is -3.86. The van der Waals surface area contributed by atoms with Crippen LogP contribution in [0.15, 0.2) is 72.9 Å². The Morgan fingerprint density at radius 2 is 1.88 bits per heavy atom. The summed E-state index contributed by atoms with van der Waals surface area (Å²) in [7, 11) is -3.86. The van der Waals surface area contributed by atoms with Gasteiger partial charge in [-0.3, -0.25) is 19.1 Å². The molecule has 3 fully saturated rings. The molecule has 3 N–H and O–H groups in total. The third kappa shape index (κ3) is 7.12. The number of fused-ring (bicyclic) bond motifs is 3. The van der Waals surface area contributed by atoms with Crippen LogP contribution in [0.5, 0.6) is 5.88 Å². The van der Waals surface area contributed by atoms with Crippen LogP contribution in [0.4, 0.5) is 10.1 Å². The molecule has 11 nitrogen and oxygen atoms in total. The van der Waals surface area contributed by atoms with E-state index in [1.807, 2.05) is 42.5 Å². The maximum atomic E-state index is 14.4. The Bertz CT molecular complexity index is 1900. The molecule has 258 valence electrons. The number of ether oxygens (including phenoxy) is 1. The molecule has 0 unspecified atom stereocenters. The third-order valence-electron chi connectivity index (χ3n) is 9.92. The molecule has 5 atom stereocenters. The van der Waals surface area contributed by atoms with Crippen molar-refractivity contribution in [3.8, 4) is 5.88 Å². The second-order valence-corrected chi connectivity index (χ2v) is 15.5. The minimum Gasteiger partial charge on any atom is -0.472 e. The van der Waals surface area contributed by atoms with E-state index < -0.39 is 62.5 Å². The maximum absolute atomic E-state index is 14.4. The molecule has 1 saturated heterocycles. The fraction of sp³-hybridized carbons (Fsp3) is 0.444. The topological polar surface area (TPSA) is 147 Å². The molecular weight excluding hydrogens is 649 g/mol. The molecule has 3 amide bonds. The van der Waals surface area contributed by atoms with Crippen molar-refractivity contribution in [2.45, 2.75) is 86.8 Å². The van der Waals surface area contributed by atoms with Gasteiger partial charge in [-0.2, -0.15) is 0 Å². The molecule has 2 aromatic carbocycles. The normalized spacial score (nSPS) is 28.3. The van der Waals surface area contributed by atoms with Crippen LogP contribution in [0.2, 0.25) is 0 Å². The van der Waals surface area contributed by atoms with Gasteiger partial charge in [0.05, 0.1) is 11.8 Å². The van der Waals surface area contributed by atoms with Gasteiger partial charge < -0.3 is 20.3 Å². The number of pyridine rings is 1. The van der Waals surface area contributed by atoms with E-state index in [0.717, 1.165) is 30.0 Å². The quantitative estimate of drug-likeness (QED) is 0.313. The number of anilines is 1. The van der Waals surface area contributed by atoms with Gasteiger partial charge in [0.1, 0.15) is 29.5 Å². The van der Waals surface area contributed by atoms with E-state index in [4.69, 9.17) is 4.74 Å². The Kier molecular flexibility index (Phi) is 9.03. The summed E-state index contributed by atoms with van der Waals surface area (Å²) in [4.78, 5) is 48.2. The first-order chi connectivity index (χ1) is 23.6. The first kappa shape index (κ1) is 33.0. The highest BCUT2D eigenvalue weighted by Crippen LogP contribution is 2.46. The van der Waals surface area contributed by atoms with Gasteiger partial charge in [0, 0.05) is 29.6 Å². The molecule has 2 aliphatic carbocycles. The predicted molar refractivity (Wildman–Crippen MR) is 181 cm³/mol. The number of benzene rings is 2. The molecule has 13 heteroatoms. The number of amides is 3. The van der Waals surface area contributed by atoms with Crippen molar-refractivity contribution in [3.63, 3.8) is 0 Å². The number of rotatable bonds is 7. The molecule has 2 aliphatic heterocycles. The summed E-state index contributed by atoms with van der Waals surface area (Å²) in [5.74, 6) is -2.14. The molecule has 0 radical (unpaired) electrons. The lowest BCUT2D eigenvalue weighted by Gasteiger charge is -2.30. The van der Waals surface area contributed by atoms with Gasteiger partial charge in [0.2, 0.25) is 27.7 Å². The Morgan fingerprint density at radius 3 is 2.69 bits per heavy atom. The van der Waals surface area contributed by atoms with Crippen LogP contribution in [0.1, 0.15) is 57.8 Å². The number of hydrogen-bond acceptors (Lipinski definition) is 8. The summed E-state index contributed by atoms with van der Waals surface area (Å²) >= 11 is 0. The Hall–Kier alpha value is -4.52. The van der Waals surface area contributed by atoms with Gasteiger partial charge in [0.25, 0.3) is 5.91 Å². The number of hydrogen-bond donors (Lipinski definition) is 3. The van der Waals surface area contributed by atoms with E-state index in [1.54, 1.807) is 18.3 Å². The molecule has 3 aromatic rings. The van der Waals surface area contributed by atoms with E-state index in [9.17, 15) is 27.2 Å². The van der Waals surface area contributed by atoms with Crippen LogP contribution in [0.3, 0.4) is 0 Å². The van der Waals surface area contributed by atoms with Gasteiger partial charge in [-0.25, -0.2) is 17.8 Å². The standard InChI is InChI=1S/C36H40FN5O6S/c37-25-11-8-12-26(19-25)39-30-14-5-3-1-2-4-10-24-21-36(24,35(45)41-49(46,47)28-15-16-28)40-32(43)31-20-27(22-42(31)34(30)44)48-33-29-13-7-6-9-23(29)17-18-38-33/h4,6-13,17-19,24,27-28,30-31,39H,1-3,5,14-16,20-22H2,(H,40,43)(H,41,45)/b10-4-/t24-,27-,30+,31+,36-/m1/s1. The lowest BCUT2D eigenvalue weighted by molar-refractivity contribution is -0.140. The van der Waals surface area contributed by atoms with Crippen LogP contribution in [0, 0.1) is 11.7 Å². The second kappa shape index (κ2) is 13.4. The highest BCUT2D eigenvalue weighted by Gasteiger charge is 2.62. The number of aromatic nitrogens is 1. The van der Waals surface area contributed by atoms with Crippen molar-refractivity contribution in [1.29, 1.82) is 0 Å². The molecule has 0 bridgehead atoms. The van der Waals surface area contributed by atoms with Gasteiger partial charge >= 0.3 is 0 Å². The number of carbonyl (C=O) groups excluding carboxylic acids is 3. The zero-order valence-electron chi connectivity index (χ0n) is 27.0. The number of allylic oxidation sites excluding steroid dienone is 1. The number of sulfonamides is 1. The van der Waals surface area contributed by atoms with Gasteiger partial charge in [0.15, 0.2) is 0 Å². The predicted octanol–water partition coefficient (Wildman–Crippen LogP) is 4.21. The Labute approximate surface area is 284 Å². The second-order valence-electron chi connectivity index (χ2n) is 13.5. The van der Waals surface area contributed by atoms with Crippen molar-refractivity contribution in [2.24, 2.45) is 5.92 Å². The van der Waals surface area contributed by atoms with Gasteiger partial charge in [-0.1, -0.05) is 49.3 Å². The van der Waals surface area contributed by atoms with E-state index >= 15 is 0 Å². The summed E-state index contributed by atoms with van der Waals surface area (Å²) in [6.45, 7) is 0.0712. The van der Waals surface area contributed by atoms with Crippen LogP contribution in [0.25, 0.3) is 10.8 Å². The van der Waals surface area contributed by atoms with E-state index in [0.29, 0.717) is 37.3 Å². The minimum absolute atomic E-state index is 0.0712. The molecule has 2 saturated carbocycles. The fourth-order valence-corrected chi connectivity index (χ4v) is 8.33. The molecule has 4 aliphatic rings. The summed E-state index contributed by atoms with van der Waals surface area (Å²) in [6.07, 6.45) is 9.78. The lowest BCUT2D eigenvalue weighted by Crippen LogP contribution is -2.57. The van der Waals surface area contributed by atoms with Gasteiger partial charge in [-0.15, -0.1) is 0 Å². The molecule has 49 heavy (non-hydrogen) atoms. The first-order valence-electron chi connectivity index (χ1n) is 17.0. The highest BCUT2D eigenvalue weighted by atomic mass is 32.2. The van der Waals surface area contributed by atoms with Crippen molar-refractivity contribution >= 4 is 44.2 Å². The molecule has 7 rings (SSSR count). The number of carbonyl (C=O) groups is 3. The molecule has 0 spiro atoms. The SMILES string of the molecule is O=C1N[C@]2(C(=O)NS(=O)(=O)C3CC3)C[C@H]2/C=C\CCCCC[C@H](Nc2cccc(F)c2)C(=O)N2C[C@H](Oc3nccc4ccccc34)C[C@@H]12. The van der Waals surface area contributed by atoms with Gasteiger partial charge in [-0.05, 0) is 74.2 Å². The zero-order valence-corrected chi connectivity index (χ0v) is 27.8. The lowest BCUT2D eigenvalue weighted by atomic mass is 10.0. The fourth-order valence-electron chi connectivity index (χ4n) is 6.97. The summed E-state index contributed by atoms with van der Waals surface area (Å²) < 4.78 is 48.3. The summed E-state index contributed by atoms with van der Waals surface area (Å²) in [5.41, 5.74) is -1.01.